The Balaban J connectivity index is 1.43. The first-order chi connectivity index (χ1) is 10.3. The molecule has 0 bridgehead atoms. The average Bonchev–Trinajstić information content (AvgIpc) is 2.91. The highest BCUT2D eigenvalue weighted by Crippen LogP contribution is 2.31. The van der Waals surface area contributed by atoms with Gasteiger partial charge in [0.05, 0.1) is 25.3 Å². The Morgan fingerprint density at radius 2 is 1.95 bits per heavy atom. The molecule has 1 N–H and O–H groups in total. The Morgan fingerprint density at radius 3 is 2.71 bits per heavy atom. The second-order valence-corrected chi connectivity index (χ2v) is 6.70. The van der Waals surface area contributed by atoms with Crippen LogP contribution in [0.4, 0.5) is 0 Å². The van der Waals surface area contributed by atoms with E-state index in [1.54, 1.807) is 11.8 Å². The number of carbonyl (C=O) groups is 1. The van der Waals surface area contributed by atoms with Crippen LogP contribution >= 0.6 is 11.8 Å². The highest BCUT2D eigenvalue weighted by molar-refractivity contribution is 8.14. The number of thioether (sulfide) groups is 1. The third kappa shape index (κ3) is 3.90. The predicted molar refractivity (Wildman–Crippen MR) is 82.7 cm³/mol. The van der Waals surface area contributed by atoms with Crippen LogP contribution in [0.5, 0.6) is 0 Å². The maximum absolute atomic E-state index is 12.0. The fraction of sp³-hybridized carbons (Fsp3) is 0.857. The summed E-state index contributed by atoms with van der Waals surface area (Å²) in [5, 5.41) is 4.54. The molecule has 0 aromatic heterocycles. The third-order valence-corrected chi connectivity index (χ3v) is 5.45. The molecule has 118 valence electrons. The van der Waals surface area contributed by atoms with Gasteiger partial charge in [0, 0.05) is 38.5 Å². The van der Waals surface area contributed by atoms with Crippen LogP contribution in [0.2, 0.25) is 0 Å². The number of carbonyl (C=O) groups excluding carboxylic acids is 1. The Morgan fingerprint density at radius 1 is 1.24 bits per heavy atom. The van der Waals surface area contributed by atoms with E-state index in [4.69, 9.17) is 9.47 Å². The summed E-state index contributed by atoms with van der Waals surface area (Å²) < 4.78 is 10.7. The minimum absolute atomic E-state index is 0.177. The molecular weight excluding hydrogens is 290 g/mol. The molecule has 3 rings (SSSR count). The number of aliphatic imine (C=N–C) groups is 1. The van der Waals surface area contributed by atoms with Gasteiger partial charge in [-0.25, -0.2) is 0 Å². The Kier molecular flexibility index (Phi) is 5.03. The average molecular weight is 313 g/mol. The zero-order valence-electron chi connectivity index (χ0n) is 12.3. The fourth-order valence-corrected chi connectivity index (χ4v) is 4.09. The van der Waals surface area contributed by atoms with Crippen LogP contribution in [0.3, 0.4) is 0 Å². The molecular formula is C14H23N3O3S. The number of morpholine rings is 1. The molecule has 0 aliphatic carbocycles. The number of ether oxygens (including phenoxy) is 2. The fourth-order valence-electron chi connectivity index (χ4n) is 2.85. The second kappa shape index (κ2) is 6.98. The normalized spacial score (nSPS) is 27.0. The van der Waals surface area contributed by atoms with Crippen LogP contribution in [-0.2, 0) is 14.3 Å². The summed E-state index contributed by atoms with van der Waals surface area (Å²) in [4.78, 5) is 18.5. The van der Waals surface area contributed by atoms with Crippen molar-refractivity contribution < 1.29 is 14.3 Å². The first kappa shape index (κ1) is 15.1. The summed E-state index contributed by atoms with van der Waals surface area (Å²) in [5.41, 5.74) is 0.177. The van der Waals surface area contributed by atoms with E-state index in [0.717, 1.165) is 37.0 Å². The number of hydrogen-bond acceptors (Lipinski definition) is 5. The maximum Gasteiger partial charge on any atom is 0.224 e. The Hall–Kier alpha value is -0.790. The SMILES string of the molecule is O=C(CCN=C1NC2(CCOCC2)CS1)N1CCOCC1. The van der Waals surface area contributed by atoms with Crippen molar-refractivity contribution in [1.29, 1.82) is 0 Å². The molecule has 0 saturated carbocycles. The lowest BCUT2D eigenvalue weighted by Gasteiger charge is -2.32. The van der Waals surface area contributed by atoms with E-state index in [-0.39, 0.29) is 11.4 Å². The van der Waals surface area contributed by atoms with Gasteiger partial charge in [-0.2, -0.15) is 0 Å². The number of amidine groups is 1. The van der Waals surface area contributed by atoms with Crippen molar-refractivity contribution >= 4 is 22.8 Å². The van der Waals surface area contributed by atoms with Crippen molar-refractivity contribution in [2.24, 2.45) is 4.99 Å². The summed E-state index contributed by atoms with van der Waals surface area (Å²) in [6.07, 6.45) is 2.58. The van der Waals surface area contributed by atoms with Gasteiger partial charge in [0.25, 0.3) is 0 Å². The lowest BCUT2D eigenvalue weighted by Crippen LogP contribution is -2.48. The summed E-state index contributed by atoms with van der Waals surface area (Å²) in [6, 6.07) is 0. The molecule has 0 aromatic rings. The summed E-state index contributed by atoms with van der Waals surface area (Å²) >= 11 is 1.77. The summed E-state index contributed by atoms with van der Waals surface area (Å²) in [7, 11) is 0. The van der Waals surface area contributed by atoms with Gasteiger partial charge in [-0.05, 0) is 12.8 Å². The van der Waals surface area contributed by atoms with E-state index in [0.29, 0.717) is 39.3 Å². The smallest absolute Gasteiger partial charge is 0.224 e. The van der Waals surface area contributed by atoms with Crippen LogP contribution in [0.1, 0.15) is 19.3 Å². The van der Waals surface area contributed by atoms with Gasteiger partial charge in [-0.3, -0.25) is 9.79 Å². The monoisotopic (exact) mass is 313 g/mol. The van der Waals surface area contributed by atoms with Gasteiger partial charge in [-0.15, -0.1) is 0 Å². The maximum atomic E-state index is 12.0. The predicted octanol–water partition coefficient (Wildman–Crippen LogP) is 0.477. The molecule has 21 heavy (non-hydrogen) atoms. The molecule has 0 aromatic carbocycles. The van der Waals surface area contributed by atoms with Crippen LogP contribution in [-0.4, -0.2) is 73.3 Å². The standard InChI is InChI=1S/C14H23N3O3S/c18-12(17-5-9-20-10-6-17)1-4-15-13-16-14(11-21-13)2-7-19-8-3-14/h1-11H2,(H,15,16). The van der Waals surface area contributed by atoms with E-state index >= 15 is 0 Å². The van der Waals surface area contributed by atoms with E-state index in [1.165, 1.54) is 0 Å². The molecule has 1 spiro atoms. The molecule has 3 aliphatic heterocycles. The summed E-state index contributed by atoms with van der Waals surface area (Å²) in [6.45, 7) is 4.96. The van der Waals surface area contributed by atoms with Gasteiger partial charge >= 0.3 is 0 Å². The number of nitrogens with zero attached hydrogens (tertiary/aromatic N) is 2. The highest BCUT2D eigenvalue weighted by Gasteiger charge is 2.38. The Labute approximate surface area is 129 Å². The van der Waals surface area contributed by atoms with Crippen LogP contribution < -0.4 is 5.32 Å². The van der Waals surface area contributed by atoms with Gasteiger partial charge in [0.1, 0.15) is 0 Å². The molecule has 3 fully saturated rings. The van der Waals surface area contributed by atoms with Gasteiger partial charge in [0.15, 0.2) is 5.17 Å². The highest BCUT2D eigenvalue weighted by atomic mass is 32.2. The van der Waals surface area contributed by atoms with Crippen molar-refractivity contribution in [1.82, 2.24) is 10.2 Å². The van der Waals surface area contributed by atoms with Crippen LogP contribution in [0, 0.1) is 0 Å². The van der Waals surface area contributed by atoms with Gasteiger partial charge < -0.3 is 19.7 Å². The van der Waals surface area contributed by atoms with Crippen molar-refractivity contribution in [3.63, 3.8) is 0 Å². The van der Waals surface area contributed by atoms with E-state index in [1.807, 2.05) is 4.90 Å². The number of rotatable bonds is 3. The molecule has 0 radical (unpaired) electrons. The van der Waals surface area contributed by atoms with Crippen molar-refractivity contribution in [2.45, 2.75) is 24.8 Å². The molecule has 3 heterocycles. The zero-order valence-corrected chi connectivity index (χ0v) is 13.1. The molecule has 3 aliphatic rings. The van der Waals surface area contributed by atoms with E-state index < -0.39 is 0 Å². The zero-order chi connectivity index (χ0) is 14.5. The summed E-state index contributed by atoms with van der Waals surface area (Å²) in [5.74, 6) is 1.25. The molecule has 0 unspecified atom stereocenters. The van der Waals surface area contributed by atoms with Crippen molar-refractivity contribution in [3.8, 4) is 0 Å². The third-order valence-electron chi connectivity index (χ3n) is 4.25. The van der Waals surface area contributed by atoms with Crippen molar-refractivity contribution in [2.75, 3.05) is 51.8 Å². The topological polar surface area (TPSA) is 63.2 Å². The van der Waals surface area contributed by atoms with Gasteiger partial charge in [-0.1, -0.05) is 11.8 Å². The molecule has 6 nitrogen and oxygen atoms in total. The first-order valence-corrected chi connectivity index (χ1v) is 8.65. The minimum Gasteiger partial charge on any atom is -0.381 e. The second-order valence-electron chi connectivity index (χ2n) is 5.74. The molecule has 1 amide bonds. The van der Waals surface area contributed by atoms with Crippen molar-refractivity contribution in [3.05, 3.63) is 0 Å². The van der Waals surface area contributed by atoms with E-state index in [9.17, 15) is 4.79 Å². The molecule has 0 atom stereocenters. The van der Waals surface area contributed by atoms with Crippen LogP contribution in [0.15, 0.2) is 4.99 Å². The minimum atomic E-state index is 0.177. The van der Waals surface area contributed by atoms with Crippen LogP contribution in [0.25, 0.3) is 0 Å². The Bertz CT molecular complexity index is 404. The molecule has 3 saturated heterocycles. The number of nitrogens with one attached hydrogen (secondary N) is 1. The first-order valence-electron chi connectivity index (χ1n) is 7.66. The number of hydrogen-bond donors (Lipinski definition) is 1. The van der Waals surface area contributed by atoms with Gasteiger partial charge in [0.2, 0.25) is 5.91 Å². The largest absolute Gasteiger partial charge is 0.381 e. The lowest BCUT2D eigenvalue weighted by molar-refractivity contribution is -0.135. The van der Waals surface area contributed by atoms with E-state index in [2.05, 4.69) is 10.3 Å². The quantitative estimate of drug-likeness (QED) is 0.821. The molecule has 7 heteroatoms. The number of amides is 1. The lowest BCUT2D eigenvalue weighted by atomic mass is 9.93.